The van der Waals surface area contributed by atoms with Crippen LogP contribution < -0.4 is 5.32 Å². The maximum absolute atomic E-state index is 12.3. The standard InChI is InChI=1S/C28H37N3O5/c1-4-5-6-9-12-30(3)13-15-34-17-19-36-20-18-35-16-14-31-21-24(23-10-7-8-11-25(23)31)26-22(2)27(32)29-28(26)33/h4-11,21H,12-20H2,1-3H3,(H,29,32,33)/b5-4-,9-6-. The highest BCUT2D eigenvalue weighted by Gasteiger charge is 2.30. The Kier molecular flexibility index (Phi) is 11.1. The molecule has 0 bridgehead atoms. The smallest absolute Gasteiger partial charge is 0.259 e. The average Bonchev–Trinajstić information content (AvgIpc) is 3.35. The van der Waals surface area contributed by atoms with Gasteiger partial charge in [-0.25, -0.2) is 0 Å². The molecule has 0 saturated carbocycles. The second kappa shape index (κ2) is 14.5. The fourth-order valence-corrected chi connectivity index (χ4v) is 3.95. The fourth-order valence-electron chi connectivity index (χ4n) is 3.95. The fraction of sp³-hybridized carbons (Fsp3) is 0.429. The minimum atomic E-state index is -0.345. The summed E-state index contributed by atoms with van der Waals surface area (Å²) in [5.41, 5.74) is 2.66. The van der Waals surface area contributed by atoms with Crippen molar-refractivity contribution >= 4 is 28.3 Å². The van der Waals surface area contributed by atoms with Gasteiger partial charge in [-0.3, -0.25) is 14.9 Å². The van der Waals surface area contributed by atoms with Gasteiger partial charge in [-0.1, -0.05) is 42.5 Å². The molecule has 194 valence electrons. The summed E-state index contributed by atoms with van der Waals surface area (Å²) in [6.45, 7) is 9.36. The highest BCUT2D eigenvalue weighted by molar-refractivity contribution is 6.37. The number of hydrogen-bond donors (Lipinski definition) is 1. The lowest BCUT2D eigenvalue weighted by Crippen LogP contribution is -2.24. The zero-order chi connectivity index (χ0) is 25.8. The van der Waals surface area contributed by atoms with Crippen LogP contribution in [-0.4, -0.2) is 81.1 Å². The minimum Gasteiger partial charge on any atom is -0.378 e. The molecule has 8 heteroatoms. The summed E-state index contributed by atoms with van der Waals surface area (Å²) >= 11 is 0. The molecule has 1 aliphatic heterocycles. The number of amides is 2. The molecule has 0 radical (unpaired) electrons. The lowest BCUT2D eigenvalue weighted by molar-refractivity contribution is -0.123. The van der Waals surface area contributed by atoms with E-state index in [1.807, 2.05) is 55.6 Å². The Morgan fingerprint density at radius 2 is 1.64 bits per heavy atom. The SMILES string of the molecule is C/C=C\C=C/CN(C)CCOCCOCCOCCn1cc(C2=C(C)C(=O)NC2=O)c2ccccc21. The molecule has 1 aromatic heterocycles. The molecule has 0 unspecified atom stereocenters. The van der Waals surface area contributed by atoms with Gasteiger partial charge in [0.05, 0.1) is 45.2 Å². The third-order valence-electron chi connectivity index (χ3n) is 5.92. The predicted molar refractivity (Wildman–Crippen MR) is 142 cm³/mol. The molecule has 0 atom stereocenters. The Morgan fingerprint density at radius 1 is 0.944 bits per heavy atom. The minimum absolute atomic E-state index is 0.332. The molecule has 0 fully saturated rings. The first-order valence-corrected chi connectivity index (χ1v) is 12.4. The number of hydrogen-bond acceptors (Lipinski definition) is 6. The van der Waals surface area contributed by atoms with Crippen molar-refractivity contribution in [2.24, 2.45) is 0 Å². The maximum atomic E-state index is 12.3. The molecule has 1 N–H and O–H groups in total. The number of allylic oxidation sites excluding steroid dienone is 3. The van der Waals surface area contributed by atoms with Crippen LogP contribution in [-0.2, 0) is 30.3 Å². The number of carbonyl (C=O) groups excluding carboxylic acids is 2. The third kappa shape index (κ3) is 7.73. The van der Waals surface area contributed by atoms with E-state index in [0.29, 0.717) is 57.3 Å². The predicted octanol–water partition coefficient (Wildman–Crippen LogP) is 3.19. The topological polar surface area (TPSA) is 82.0 Å². The summed E-state index contributed by atoms with van der Waals surface area (Å²) in [6, 6.07) is 7.86. The van der Waals surface area contributed by atoms with Gasteiger partial charge in [-0.15, -0.1) is 0 Å². The summed E-state index contributed by atoms with van der Waals surface area (Å²) in [4.78, 5) is 26.4. The zero-order valence-electron chi connectivity index (χ0n) is 21.5. The first-order chi connectivity index (χ1) is 17.5. The number of nitrogens with one attached hydrogen (secondary N) is 1. The van der Waals surface area contributed by atoms with Crippen LogP contribution in [0.3, 0.4) is 0 Å². The molecule has 2 amide bonds. The number of aromatic nitrogens is 1. The molecule has 2 heterocycles. The van der Waals surface area contributed by atoms with Crippen molar-refractivity contribution in [3.05, 3.63) is 65.9 Å². The van der Waals surface area contributed by atoms with Crippen LogP contribution in [0, 0.1) is 0 Å². The van der Waals surface area contributed by atoms with Crippen LogP contribution in [0.1, 0.15) is 19.4 Å². The molecule has 0 spiro atoms. The highest BCUT2D eigenvalue weighted by atomic mass is 16.5. The molecule has 0 aliphatic carbocycles. The van der Waals surface area contributed by atoms with E-state index in [1.165, 1.54) is 0 Å². The monoisotopic (exact) mass is 495 g/mol. The second-order valence-corrected chi connectivity index (χ2v) is 8.59. The number of para-hydroxylation sites is 1. The molecule has 2 aromatic rings. The van der Waals surface area contributed by atoms with Gasteiger partial charge < -0.3 is 23.7 Å². The van der Waals surface area contributed by atoms with Crippen molar-refractivity contribution in [3.63, 3.8) is 0 Å². The molecule has 1 aliphatic rings. The molecule has 1 aromatic carbocycles. The van der Waals surface area contributed by atoms with Gasteiger partial charge in [0.1, 0.15) is 0 Å². The van der Waals surface area contributed by atoms with Crippen LogP contribution >= 0.6 is 0 Å². The van der Waals surface area contributed by atoms with E-state index in [1.54, 1.807) is 6.92 Å². The number of benzene rings is 1. The van der Waals surface area contributed by atoms with Crippen LogP contribution in [0.4, 0.5) is 0 Å². The summed E-state index contributed by atoms with van der Waals surface area (Å²) in [7, 11) is 2.07. The summed E-state index contributed by atoms with van der Waals surface area (Å²) in [5.74, 6) is -0.678. The Bertz CT molecular complexity index is 1120. The lowest BCUT2D eigenvalue weighted by atomic mass is 10.0. The number of imide groups is 1. The lowest BCUT2D eigenvalue weighted by Gasteiger charge is -2.14. The zero-order valence-corrected chi connectivity index (χ0v) is 21.5. The number of fused-ring (bicyclic) bond motifs is 1. The Labute approximate surface area is 213 Å². The van der Waals surface area contributed by atoms with Crippen LogP contribution in [0.15, 0.2) is 60.3 Å². The van der Waals surface area contributed by atoms with Gasteiger partial charge in [0.25, 0.3) is 11.8 Å². The van der Waals surface area contributed by atoms with Crippen molar-refractivity contribution in [2.75, 3.05) is 59.8 Å². The summed E-state index contributed by atoms with van der Waals surface area (Å²) in [6.07, 6.45) is 10.1. The van der Waals surface area contributed by atoms with E-state index < -0.39 is 0 Å². The number of likely N-dealkylation sites (N-methyl/N-ethyl adjacent to an activating group) is 1. The third-order valence-corrected chi connectivity index (χ3v) is 5.92. The van der Waals surface area contributed by atoms with Crippen molar-refractivity contribution < 1.29 is 23.8 Å². The number of rotatable bonds is 16. The highest BCUT2D eigenvalue weighted by Crippen LogP contribution is 2.31. The molecule has 36 heavy (non-hydrogen) atoms. The van der Waals surface area contributed by atoms with E-state index in [9.17, 15) is 9.59 Å². The van der Waals surface area contributed by atoms with E-state index in [4.69, 9.17) is 14.2 Å². The van der Waals surface area contributed by atoms with Crippen molar-refractivity contribution in [1.82, 2.24) is 14.8 Å². The van der Waals surface area contributed by atoms with E-state index >= 15 is 0 Å². The Balaban J connectivity index is 1.32. The van der Waals surface area contributed by atoms with Crippen LogP contribution in [0.5, 0.6) is 0 Å². The first-order valence-electron chi connectivity index (χ1n) is 12.4. The Hall–Kier alpha value is -3.04. The molecular formula is C28H37N3O5. The molecular weight excluding hydrogens is 458 g/mol. The first kappa shape index (κ1) is 27.5. The maximum Gasteiger partial charge on any atom is 0.259 e. The van der Waals surface area contributed by atoms with Gasteiger partial charge in [0, 0.05) is 47.9 Å². The van der Waals surface area contributed by atoms with Crippen LogP contribution in [0.25, 0.3) is 16.5 Å². The van der Waals surface area contributed by atoms with Crippen molar-refractivity contribution in [2.45, 2.75) is 20.4 Å². The quantitative estimate of drug-likeness (QED) is 0.219. The van der Waals surface area contributed by atoms with Crippen LogP contribution in [0.2, 0.25) is 0 Å². The van der Waals surface area contributed by atoms with E-state index in [2.05, 4.69) is 27.9 Å². The van der Waals surface area contributed by atoms with Gasteiger partial charge >= 0.3 is 0 Å². The Morgan fingerprint density at radius 3 is 2.33 bits per heavy atom. The number of carbonyl (C=O) groups is 2. The molecule has 3 rings (SSSR count). The van der Waals surface area contributed by atoms with Crippen molar-refractivity contribution in [3.8, 4) is 0 Å². The van der Waals surface area contributed by atoms with Gasteiger partial charge in [0.2, 0.25) is 0 Å². The summed E-state index contributed by atoms with van der Waals surface area (Å²) < 4.78 is 19.0. The normalized spacial score (nSPS) is 14.4. The number of nitrogens with zero attached hydrogens (tertiary/aromatic N) is 2. The second-order valence-electron chi connectivity index (χ2n) is 8.59. The molecule has 8 nitrogen and oxygen atoms in total. The van der Waals surface area contributed by atoms with E-state index in [-0.39, 0.29) is 11.8 Å². The molecule has 0 saturated heterocycles. The van der Waals surface area contributed by atoms with Gasteiger partial charge in [0.15, 0.2) is 0 Å². The van der Waals surface area contributed by atoms with E-state index in [0.717, 1.165) is 29.6 Å². The average molecular weight is 496 g/mol. The largest absolute Gasteiger partial charge is 0.378 e. The summed E-state index contributed by atoms with van der Waals surface area (Å²) in [5, 5.41) is 3.32. The number of ether oxygens (including phenoxy) is 3. The van der Waals surface area contributed by atoms with Crippen molar-refractivity contribution in [1.29, 1.82) is 0 Å². The van der Waals surface area contributed by atoms with Gasteiger partial charge in [-0.2, -0.15) is 0 Å². The van der Waals surface area contributed by atoms with Gasteiger partial charge in [-0.05, 0) is 27.0 Å².